The number of aromatic nitrogens is 1. The number of carbonyl (C=O) groups is 1. The van der Waals surface area contributed by atoms with Crippen molar-refractivity contribution in [3.63, 3.8) is 0 Å². The van der Waals surface area contributed by atoms with E-state index in [0.717, 1.165) is 6.20 Å². The molecule has 0 bridgehead atoms. The maximum absolute atomic E-state index is 12.7. The van der Waals surface area contributed by atoms with Crippen LogP contribution in [-0.4, -0.2) is 16.7 Å². The van der Waals surface area contributed by atoms with Crippen molar-refractivity contribution >= 4 is 17.6 Å². The quantitative estimate of drug-likeness (QED) is 0.827. The minimum absolute atomic E-state index is 0.151. The smallest absolute Gasteiger partial charge is 0.420 e. The van der Waals surface area contributed by atoms with Gasteiger partial charge in [-0.3, -0.25) is 5.32 Å². The Bertz CT molecular complexity index is 481. The highest BCUT2D eigenvalue weighted by Crippen LogP contribution is 2.34. The van der Waals surface area contributed by atoms with Crippen molar-refractivity contribution in [3.8, 4) is 0 Å². The summed E-state index contributed by atoms with van der Waals surface area (Å²) in [5, 5.41) is 1.95. The van der Waals surface area contributed by atoms with Crippen molar-refractivity contribution in [1.29, 1.82) is 0 Å². The summed E-state index contributed by atoms with van der Waals surface area (Å²) in [7, 11) is 0. The van der Waals surface area contributed by atoms with Crippen LogP contribution >= 0.6 is 0 Å². The zero-order valence-electron chi connectivity index (χ0n) is 10.6. The van der Waals surface area contributed by atoms with Gasteiger partial charge in [-0.1, -0.05) is 0 Å². The van der Waals surface area contributed by atoms with E-state index in [1.165, 1.54) is 0 Å². The van der Waals surface area contributed by atoms with E-state index in [-0.39, 0.29) is 5.69 Å². The maximum Gasteiger partial charge on any atom is 0.420 e. The normalized spacial score (nSPS) is 12.1. The van der Waals surface area contributed by atoms with Crippen molar-refractivity contribution in [2.24, 2.45) is 0 Å². The highest BCUT2D eigenvalue weighted by molar-refractivity contribution is 5.85. The summed E-state index contributed by atoms with van der Waals surface area (Å²) >= 11 is 0. The first-order chi connectivity index (χ1) is 8.49. The predicted molar refractivity (Wildman–Crippen MR) is 63.5 cm³/mol. The number of hydrogen-bond acceptors (Lipinski definition) is 4. The van der Waals surface area contributed by atoms with Gasteiger partial charge in [-0.25, -0.2) is 9.78 Å². The lowest BCUT2D eigenvalue weighted by atomic mass is 10.2. The highest BCUT2D eigenvalue weighted by atomic mass is 19.4. The van der Waals surface area contributed by atoms with E-state index in [2.05, 4.69) is 4.98 Å². The molecule has 19 heavy (non-hydrogen) atoms. The number of amides is 1. The van der Waals surface area contributed by atoms with Crippen molar-refractivity contribution in [2.75, 3.05) is 11.1 Å². The Labute approximate surface area is 108 Å². The number of rotatable bonds is 1. The molecule has 0 saturated carbocycles. The second kappa shape index (κ2) is 4.94. The molecule has 0 radical (unpaired) electrons. The third kappa shape index (κ3) is 4.65. The third-order valence-electron chi connectivity index (χ3n) is 1.83. The molecule has 1 aromatic heterocycles. The van der Waals surface area contributed by atoms with Crippen LogP contribution in [0, 0.1) is 0 Å². The Kier molecular flexibility index (Phi) is 3.92. The van der Waals surface area contributed by atoms with Gasteiger partial charge in [-0.2, -0.15) is 13.2 Å². The first kappa shape index (κ1) is 15.1. The SMILES string of the molecule is CC(C)(C)OC(=O)Nc1ncc(N)cc1C(F)(F)F. The van der Waals surface area contributed by atoms with Crippen LogP contribution < -0.4 is 11.1 Å². The summed E-state index contributed by atoms with van der Waals surface area (Å²) in [6.45, 7) is 4.77. The molecule has 0 aliphatic rings. The van der Waals surface area contributed by atoms with Crippen LogP contribution in [0.3, 0.4) is 0 Å². The van der Waals surface area contributed by atoms with E-state index in [1.54, 1.807) is 20.8 Å². The lowest BCUT2D eigenvalue weighted by Gasteiger charge is -2.20. The lowest BCUT2D eigenvalue weighted by molar-refractivity contribution is -0.137. The predicted octanol–water partition coefficient (Wildman–Crippen LogP) is 3.03. The van der Waals surface area contributed by atoms with Crippen molar-refractivity contribution in [3.05, 3.63) is 17.8 Å². The summed E-state index contributed by atoms with van der Waals surface area (Å²) in [6.07, 6.45) is -4.68. The fourth-order valence-corrected chi connectivity index (χ4v) is 1.20. The van der Waals surface area contributed by atoms with E-state index < -0.39 is 29.3 Å². The van der Waals surface area contributed by atoms with Gasteiger partial charge in [-0.15, -0.1) is 0 Å². The van der Waals surface area contributed by atoms with E-state index in [4.69, 9.17) is 10.5 Å². The summed E-state index contributed by atoms with van der Waals surface area (Å²) in [5.41, 5.74) is 3.15. The summed E-state index contributed by atoms with van der Waals surface area (Å²) in [4.78, 5) is 14.9. The molecule has 1 aromatic rings. The van der Waals surface area contributed by atoms with E-state index in [0.29, 0.717) is 6.07 Å². The maximum atomic E-state index is 12.7. The minimum atomic E-state index is -4.67. The molecule has 0 aliphatic heterocycles. The molecule has 0 atom stereocenters. The molecule has 1 rings (SSSR count). The van der Waals surface area contributed by atoms with Gasteiger partial charge in [0.2, 0.25) is 0 Å². The number of alkyl halides is 3. The van der Waals surface area contributed by atoms with Gasteiger partial charge < -0.3 is 10.5 Å². The topological polar surface area (TPSA) is 77.2 Å². The number of nitrogens with one attached hydrogen (secondary N) is 1. The number of nitrogen functional groups attached to an aromatic ring is 1. The summed E-state index contributed by atoms with van der Waals surface area (Å²) in [5.74, 6) is -0.643. The van der Waals surface area contributed by atoms with Crippen molar-refractivity contribution < 1.29 is 22.7 Å². The largest absolute Gasteiger partial charge is 0.444 e. The zero-order chi connectivity index (χ0) is 14.8. The van der Waals surface area contributed by atoms with Crippen LogP contribution in [0.2, 0.25) is 0 Å². The monoisotopic (exact) mass is 277 g/mol. The average Bonchev–Trinajstić information content (AvgIpc) is 2.16. The molecule has 0 spiro atoms. The molecule has 1 heterocycles. The molecule has 0 aromatic carbocycles. The molecule has 0 saturated heterocycles. The number of nitrogens with two attached hydrogens (primary N) is 1. The fourth-order valence-electron chi connectivity index (χ4n) is 1.20. The standard InChI is InChI=1S/C11H14F3N3O2/c1-10(2,3)19-9(18)17-8-7(11(12,13)14)4-6(15)5-16-8/h4-5H,15H2,1-3H3,(H,16,17,18). The Balaban J connectivity index is 2.99. The Hall–Kier alpha value is -1.99. The Morgan fingerprint density at radius 1 is 1.37 bits per heavy atom. The molecule has 1 amide bonds. The van der Waals surface area contributed by atoms with Crippen LogP contribution in [0.4, 0.5) is 29.5 Å². The molecule has 3 N–H and O–H groups in total. The Morgan fingerprint density at radius 3 is 2.42 bits per heavy atom. The number of pyridine rings is 1. The lowest BCUT2D eigenvalue weighted by Crippen LogP contribution is -2.28. The van der Waals surface area contributed by atoms with E-state index in [1.807, 2.05) is 5.32 Å². The first-order valence-electron chi connectivity index (χ1n) is 5.32. The fraction of sp³-hybridized carbons (Fsp3) is 0.455. The molecular formula is C11H14F3N3O2. The zero-order valence-corrected chi connectivity index (χ0v) is 10.6. The minimum Gasteiger partial charge on any atom is -0.444 e. The molecular weight excluding hydrogens is 263 g/mol. The number of carbonyl (C=O) groups excluding carboxylic acids is 1. The first-order valence-corrected chi connectivity index (χ1v) is 5.32. The molecule has 8 heteroatoms. The third-order valence-corrected chi connectivity index (χ3v) is 1.83. The van der Waals surface area contributed by atoms with Crippen LogP contribution in [0.25, 0.3) is 0 Å². The highest BCUT2D eigenvalue weighted by Gasteiger charge is 2.35. The van der Waals surface area contributed by atoms with Crippen LogP contribution in [0.15, 0.2) is 12.3 Å². The molecule has 106 valence electrons. The van der Waals surface area contributed by atoms with Gasteiger partial charge in [0.1, 0.15) is 17.0 Å². The van der Waals surface area contributed by atoms with Gasteiger partial charge in [0.15, 0.2) is 0 Å². The van der Waals surface area contributed by atoms with Gasteiger partial charge in [0.05, 0.1) is 11.9 Å². The Morgan fingerprint density at radius 2 is 1.95 bits per heavy atom. The van der Waals surface area contributed by atoms with Crippen molar-refractivity contribution in [1.82, 2.24) is 4.98 Å². The molecule has 5 nitrogen and oxygen atoms in total. The molecule has 0 fully saturated rings. The number of ether oxygens (including phenoxy) is 1. The number of nitrogens with zero attached hydrogens (tertiary/aromatic N) is 1. The summed E-state index contributed by atoms with van der Waals surface area (Å²) < 4.78 is 43.0. The van der Waals surface area contributed by atoms with Gasteiger partial charge in [0.25, 0.3) is 0 Å². The second-order valence-electron chi connectivity index (χ2n) is 4.79. The van der Waals surface area contributed by atoms with E-state index >= 15 is 0 Å². The molecule has 0 aliphatic carbocycles. The molecule has 0 unspecified atom stereocenters. The number of halogens is 3. The van der Waals surface area contributed by atoms with Crippen molar-refractivity contribution in [2.45, 2.75) is 32.5 Å². The van der Waals surface area contributed by atoms with Gasteiger partial charge in [-0.05, 0) is 26.8 Å². The van der Waals surface area contributed by atoms with Gasteiger partial charge >= 0.3 is 12.3 Å². The average molecular weight is 277 g/mol. The number of anilines is 2. The number of hydrogen-bond donors (Lipinski definition) is 2. The second-order valence-corrected chi connectivity index (χ2v) is 4.79. The van der Waals surface area contributed by atoms with Gasteiger partial charge in [0, 0.05) is 0 Å². The van der Waals surface area contributed by atoms with Crippen LogP contribution in [-0.2, 0) is 10.9 Å². The van der Waals surface area contributed by atoms with Crippen LogP contribution in [0.1, 0.15) is 26.3 Å². The summed E-state index contributed by atoms with van der Waals surface area (Å²) in [6, 6.07) is 0.694. The van der Waals surface area contributed by atoms with E-state index in [9.17, 15) is 18.0 Å². The van der Waals surface area contributed by atoms with Crippen LogP contribution in [0.5, 0.6) is 0 Å².